The number of benzene rings is 1. The highest BCUT2D eigenvalue weighted by molar-refractivity contribution is 5.61. The lowest BCUT2D eigenvalue weighted by atomic mass is 10.1. The normalized spacial score (nSPS) is 16.7. The first-order valence-electron chi connectivity index (χ1n) is 6.19. The van der Waals surface area contributed by atoms with E-state index < -0.39 is 0 Å². The summed E-state index contributed by atoms with van der Waals surface area (Å²) in [5.41, 5.74) is 9.64. The van der Waals surface area contributed by atoms with Crippen LogP contribution in [-0.2, 0) is 0 Å². The summed E-state index contributed by atoms with van der Waals surface area (Å²) < 4.78 is 5.46. The molecule has 0 heterocycles. The third-order valence-electron chi connectivity index (χ3n) is 3.67. The number of rotatable bonds is 5. The lowest BCUT2D eigenvalue weighted by molar-refractivity contribution is 0.412. The van der Waals surface area contributed by atoms with Crippen LogP contribution in [0.3, 0.4) is 0 Å². The molecule has 3 N–H and O–H groups in total. The zero-order valence-corrected chi connectivity index (χ0v) is 11.0. The minimum absolute atomic E-state index is 0.336. The van der Waals surface area contributed by atoms with Crippen molar-refractivity contribution in [2.24, 2.45) is 11.1 Å². The Bertz CT molecular complexity index is 411. The maximum Gasteiger partial charge on any atom is 0.144 e. The molecule has 0 unspecified atom stereocenters. The number of methoxy groups -OCH3 is 1. The van der Waals surface area contributed by atoms with Crippen LogP contribution in [0.25, 0.3) is 0 Å². The van der Waals surface area contributed by atoms with Gasteiger partial charge in [-0.1, -0.05) is 6.07 Å². The highest BCUT2D eigenvalue weighted by Gasteiger charge is 2.40. The number of hydrogen-bond donors (Lipinski definition) is 2. The molecule has 3 heteroatoms. The predicted molar refractivity (Wildman–Crippen MR) is 71.7 cm³/mol. The molecular formula is C14H22N2O. The number of nitrogens with two attached hydrogens (primary N) is 1. The SMILES string of the molecule is COc1c(C)cc(C)cc1NCC1(CN)CC1. The molecule has 2 rings (SSSR count). The quantitative estimate of drug-likeness (QED) is 0.822. The molecule has 0 radical (unpaired) electrons. The molecule has 0 aliphatic heterocycles. The van der Waals surface area contributed by atoms with Gasteiger partial charge in [0.05, 0.1) is 12.8 Å². The van der Waals surface area contributed by atoms with Crippen molar-refractivity contribution in [3.63, 3.8) is 0 Å². The predicted octanol–water partition coefficient (Wildman–Crippen LogP) is 2.46. The molecule has 1 saturated carbocycles. The fourth-order valence-electron chi connectivity index (χ4n) is 2.27. The molecule has 1 fully saturated rings. The van der Waals surface area contributed by atoms with E-state index in [-0.39, 0.29) is 0 Å². The van der Waals surface area contributed by atoms with Crippen LogP contribution in [0.5, 0.6) is 5.75 Å². The lowest BCUT2D eigenvalue weighted by Crippen LogP contribution is -2.24. The molecule has 0 spiro atoms. The second kappa shape index (κ2) is 4.57. The Morgan fingerprint density at radius 2 is 2.06 bits per heavy atom. The maximum absolute atomic E-state index is 5.79. The van der Waals surface area contributed by atoms with E-state index in [0.29, 0.717) is 5.41 Å². The Kier molecular flexibility index (Phi) is 3.29. The standard InChI is InChI=1S/C14H22N2O/c1-10-6-11(2)13(17-3)12(7-10)16-9-14(8-15)4-5-14/h6-7,16H,4-5,8-9,15H2,1-3H3. The first kappa shape index (κ1) is 12.2. The zero-order chi connectivity index (χ0) is 12.5. The molecule has 0 bridgehead atoms. The van der Waals surface area contributed by atoms with Gasteiger partial charge in [0, 0.05) is 6.54 Å². The molecule has 0 amide bonds. The molecular weight excluding hydrogens is 212 g/mol. The molecule has 1 aliphatic carbocycles. The second-order valence-corrected chi connectivity index (χ2v) is 5.22. The van der Waals surface area contributed by atoms with E-state index in [2.05, 4.69) is 31.3 Å². The highest BCUT2D eigenvalue weighted by atomic mass is 16.5. The largest absolute Gasteiger partial charge is 0.494 e. The van der Waals surface area contributed by atoms with Gasteiger partial charge in [-0.2, -0.15) is 0 Å². The van der Waals surface area contributed by atoms with Crippen LogP contribution in [-0.4, -0.2) is 20.2 Å². The minimum Gasteiger partial charge on any atom is -0.494 e. The molecule has 0 aromatic heterocycles. The number of anilines is 1. The third-order valence-corrected chi connectivity index (χ3v) is 3.67. The van der Waals surface area contributed by atoms with E-state index in [0.717, 1.165) is 24.5 Å². The van der Waals surface area contributed by atoms with Crippen molar-refractivity contribution in [2.45, 2.75) is 26.7 Å². The Hall–Kier alpha value is -1.22. The van der Waals surface area contributed by atoms with Gasteiger partial charge in [0.25, 0.3) is 0 Å². The van der Waals surface area contributed by atoms with E-state index in [4.69, 9.17) is 10.5 Å². The van der Waals surface area contributed by atoms with Crippen molar-refractivity contribution in [2.75, 3.05) is 25.5 Å². The molecule has 1 aliphatic rings. The summed E-state index contributed by atoms with van der Waals surface area (Å²) in [7, 11) is 1.72. The monoisotopic (exact) mass is 234 g/mol. The molecule has 94 valence electrons. The number of nitrogens with one attached hydrogen (secondary N) is 1. The van der Waals surface area contributed by atoms with Crippen molar-refractivity contribution in [1.82, 2.24) is 0 Å². The summed E-state index contributed by atoms with van der Waals surface area (Å²) >= 11 is 0. The topological polar surface area (TPSA) is 47.3 Å². The fraction of sp³-hybridized carbons (Fsp3) is 0.571. The van der Waals surface area contributed by atoms with E-state index in [1.54, 1.807) is 7.11 Å². The smallest absolute Gasteiger partial charge is 0.144 e. The number of ether oxygens (including phenoxy) is 1. The first-order valence-corrected chi connectivity index (χ1v) is 6.19. The Morgan fingerprint density at radius 3 is 2.59 bits per heavy atom. The fourth-order valence-corrected chi connectivity index (χ4v) is 2.27. The van der Waals surface area contributed by atoms with Gasteiger partial charge in [-0.15, -0.1) is 0 Å². The molecule has 0 atom stereocenters. The van der Waals surface area contributed by atoms with Crippen molar-refractivity contribution >= 4 is 5.69 Å². The van der Waals surface area contributed by atoms with Gasteiger partial charge in [-0.3, -0.25) is 0 Å². The van der Waals surface area contributed by atoms with Crippen LogP contribution in [0, 0.1) is 19.3 Å². The molecule has 3 nitrogen and oxygen atoms in total. The van der Waals surface area contributed by atoms with Crippen molar-refractivity contribution in [1.29, 1.82) is 0 Å². The van der Waals surface area contributed by atoms with Gasteiger partial charge in [-0.05, 0) is 55.8 Å². The molecule has 17 heavy (non-hydrogen) atoms. The Labute approximate surface area is 103 Å². The summed E-state index contributed by atoms with van der Waals surface area (Å²) in [6.45, 7) is 5.90. The maximum atomic E-state index is 5.79. The van der Waals surface area contributed by atoms with Gasteiger partial charge in [0.15, 0.2) is 0 Å². The van der Waals surface area contributed by atoms with Gasteiger partial charge in [0.2, 0.25) is 0 Å². The molecule has 1 aromatic rings. The van der Waals surface area contributed by atoms with Crippen LogP contribution >= 0.6 is 0 Å². The summed E-state index contributed by atoms with van der Waals surface area (Å²) in [6.07, 6.45) is 2.48. The summed E-state index contributed by atoms with van der Waals surface area (Å²) in [4.78, 5) is 0. The second-order valence-electron chi connectivity index (χ2n) is 5.22. The highest BCUT2D eigenvalue weighted by Crippen LogP contribution is 2.45. The minimum atomic E-state index is 0.336. The summed E-state index contributed by atoms with van der Waals surface area (Å²) in [6, 6.07) is 4.28. The van der Waals surface area contributed by atoms with Crippen molar-refractivity contribution in [3.8, 4) is 5.75 Å². The molecule has 0 saturated heterocycles. The van der Waals surface area contributed by atoms with Gasteiger partial charge < -0.3 is 15.8 Å². The number of hydrogen-bond acceptors (Lipinski definition) is 3. The van der Waals surface area contributed by atoms with Crippen LogP contribution in [0.4, 0.5) is 5.69 Å². The Morgan fingerprint density at radius 1 is 1.35 bits per heavy atom. The number of aryl methyl sites for hydroxylation is 2. The van der Waals surface area contributed by atoms with Gasteiger partial charge in [-0.25, -0.2) is 0 Å². The average Bonchev–Trinajstić information content (AvgIpc) is 3.06. The molecule has 1 aromatic carbocycles. The van der Waals surface area contributed by atoms with E-state index in [1.165, 1.54) is 24.0 Å². The van der Waals surface area contributed by atoms with Crippen molar-refractivity contribution in [3.05, 3.63) is 23.3 Å². The van der Waals surface area contributed by atoms with E-state index in [9.17, 15) is 0 Å². The van der Waals surface area contributed by atoms with E-state index >= 15 is 0 Å². The third kappa shape index (κ3) is 2.55. The van der Waals surface area contributed by atoms with Crippen LogP contribution in [0.2, 0.25) is 0 Å². The van der Waals surface area contributed by atoms with Crippen LogP contribution in [0.15, 0.2) is 12.1 Å². The first-order chi connectivity index (χ1) is 8.10. The zero-order valence-electron chi connectivity index (χ0n) is 11.0. The van der Waals surface area contributed by atoms with Gasteiger partial charge in [0.1, 0.15) is 5.75 Å². The van der Waals surface area contributed by atoms with Crippen LogP contribution < -0.4 is 15.8 Å². The van der Waals surface area contributed by atoms with Gasteiger partial charge >= 0.3 is 0 Å². The van der Waals surface area contributed by atoms with Crippen LogP contribution in [0.1, 0.15) is 24.0 Å². The summed E-state index contributed by atoms with van der Waals surface area (Å²) in [5.74, 6) is 0.948. The van der Waals surface area contributed by atoms with Crippen molar-refractivity contribution < 1.29 is 4.74 Å². The summed E-state index contributed by atoms with van der Waals surface area (Å²) in [5, 5.41) is 3.49. The lowest BCUT2D eigenvalue weighted by Gasteiger charge is -2.18. The average molecular weight is 234 g/mol. The Balaban J connectivity index is 2.14. The van der Waals surface area contributed by atoms with E-state index in [1.807, 2.05) is 0 Å².